The normalized spacial score (nSPS) is 18.3. The number of carbonyl (C=O) groups excluding carboxylic acids is 1. The van der Waals surface area contributed by atoms with Crippen molar-refractivity contribution in [2.45, 2.75) is 149 Å². The molecule has 3 heteroatoms. The molecule has 0 amide bonds. The van der Waals surface area contributed by atoms with Gasteiger partial charge in [0.2, 0.25) is 0 Å². The van der Waals surface area contributed by atoms with Gasteiger partial charge >= 0.3 is 6.16 Å². The second-order valence-electron chi connectivity index (χ2n) is 10.5. The maximum atomic E-state index is 10.2. The minimum absolute atomic E-state index is 0. The molecule has 0 unspecified atom stereocenters. The van der Waals surface area contributed by atoms with E-state index in [0.29, 0.717) is 0 Å². The van der Waals surface area contributed by atoms with Crippen LogP contribution in [0.4, 0.5) is 4.79 Å². The number of hydrogen-bond donors (Lipinski definition) is 0. The topological polar surface area (TPSA) is 35.5 Å². The maximum Gasteiger partial charge on any atom is 0.508 e. The third-order valence-corrected chi connectivity index (χ3v) is 5.83. The largest absolute Gasteiger partial charge is 0.508 e. The monoisotopic (exact) mass is 621 g/mol. The Labute approximate surface area is 279 Å². The average Bonchev–Trinajstić information content (AvgIpc) is 3.03. The van der Waals surface area contributed by atoms with Crippen LogP contribution in [0.15, 0.2) is 72.8 Å². The van der Waals surface area contributed by atoms with Gasteiger partial charge in [-0.25, -0.2) is 4.79 Å². The highest BCUT2D eigenvalue weighted by molar-refractivity contribution is 5.59. The summed E-state index contributed by atoms with van der Waals surface area (Å²) in [4.78, 5) is 10.2. The third-order valence-electron chi connectivity index (χ3n) is 5.83. The van der Waals surface area contributed by atoms with Gasteiger partial charge in [-0.15, -0.1) is 0 Å². The fourth-order valence-electron chi connectivity index (χ4n) is 4.99. The smallest absolute Gasteiger partial charge is 0.438 e. The van der Waals surface area contributed by atoms with E-state index in [0.717, 1.165) is 5.92 Å². The first kappa shape index (κ1) is 54.2. The summed E-state index contributed by atoms with van der Waals surface area (Å²) in [6.45, 7) is 26.0. The molecule has 0 aromatic heterocycles. The first-order chi connectivity index (χ1) is 20.3. The molecule has 0 aliphatic heterocycles. The van der Waals surface area contributed by atoms with Crippen LogP contribution in [0.1, 0.15) is 143 Å². The highest BCUT2D eigenvalue weighted by Crippen LogP contribution is 2.53. The lowest BCUT2D eigenvalue weighted by molar-refractivity contribution is 0.0198. The van der Waals surface area contributed by atoms with E-state index < -0.39 is 6.16 Å². The Morgan fingerprint density at radius 3 is 0.727 bits per heavy atom. The van der Waals surface area contributed by atoms with E-state index in [9.17, 15) is 4.79 Å². The standard InChI is InChI=1S/C10H16.2C6H6.C5H10O3.C4H10.4C2H6.2CH4/c1-7-2-9-4-8(1)5-10(3-7)6-9;2*1-2-4-6-5-3-1;1-4(2)8-5(6)7-3;1-4(2)3;4*1-2;;/h7-10H,1-6H2;2*1-6H;4H,1-3H3;4H,1-3H3;4*1-2H3;2*1H4. The van der Waals surface area contributed by atoms with Gasteiger partial charge in [-0.3, -0.25) is 0 Å². The van der Waals surface area contributed by atoms with Gasteiger partial charge < -0.3 is 9.47 Å². The van der Waals surface area contributed by atoms with Crippen molar-refractivity contribution in [2.75, 3.05) is 7.11 Å². The fraction of sp³-hybridized carbons (Fsp3) is 0.683. The van der Waals surface area contributed by atoms with Crippen molar-refractivity contribution in [3.63, 3.8) is 0 Å². The van der Waals surface area contributed by atoms with Gasteiger partial charge in [0, 0.05) is 0 Å². The summed E-state index contributed by atoms with van der Waals surface area (Å²) in [7, 11) is 1.28. The van der Waals surface area contributed by atoms with Crippen LogP contribution in [0.5, 0.6) is 0 Å². The van der Waals surface area contributed by atoms with E-state index in [-0.39, 0.29) is 21.0 Å². The zero-order chi connectivity index (χ0) is 33.2. The molecular formula is C41H80O3. The number of methoxy groups -OCH3 is 1. The van der Waals surface area contributed by atoms with Crippen LogP contribution in [-0.2, 0) is 9.47 Å². The molecule has 4 saturated carbocycles. The lowest BCUT2D eigenvalue weighted by atomic mass is 9.56. The number of benzene rings is 2. The second-order valence-corrected chi connectivity index (χ2v) is 10.5. The van der Waals surface area contributed by atoms with E-state index >= 15 is 0 Å². The van der Waals surface area contributed by atoms with Crippen LogP contribution in [-0.4, -0.2) is 19.4 Å². The molecule has 4 fully saturated rings. The summed E-state index contributed by atoms with van der Waals surface area (Å²) >= 11 is 0. The minimum atomic E-state index is -0.625. The van der Waals surface area contributed by atoms with Crippen LogP contribution in [0.2, 0.25) is 0 Å². The number of hydrogen-bond acceptors (Lipinski definition) is 3. The Morgan fingerprint density at radius 1 is 0.477 bits per heavy atom. The average molecular weight is 621 g/mol. The molecule has 0 spiro atoms. The lowest BCUT2D eigenvalue weighted by Crippen LogP contribution is -2.38. The van der Waals surface area contributed by atoms with Crippen LogP contribution in [0.3, 0.4) is 0 Å². The van der Waals surface area contributed by atoms with Crippen molar-refractivity contribution >= 4 is 6.16 Å². The van der Waals surface area contributed by atoms with Gasteiger partial charge in [-0.1, -0.05) is 164 Å². The summed E-state index contributed by atoms with van der Waals surface area (Å²) < 4.78 is 8.74. The summed E-state index contributed by atoms with van der Waals surface area (Å²) in [5, 5.41) is 0. The predicted molar refractivity (Wildman–Crippen MR) is 203 cm³/mol. The first-order valence-corrected chi connectivity index (χ1v) is 17.0. The Bertz CT molecular complexity index is 569. The molecule has 44 heavy (non-hydrogen) atoms. The van der Waals surface area contributed by atoms with Crippen molar-refractivity contribution in [3.8, 4) is 0 Å². The second kappa shape index (κ2) is 42.8. The van der Waals surface area contributed by atoms with Gasteiger partial charge in [-0.05, 0) is 82.0 Å². The Balaban J connectivity index is -0.0000000982. The van der Waals surface area contributed by atoms with E-state index in [1.807, 2.05) is 128 Å². The van der Waals surface area contributed by atoms with Crippen molar-refractivity contribution in [3.05, 3.63) is 72.8 Å². The van der Waals surface area contributed by atoms with Gasteiger partial charge in [0.05, 0.1) is 13.2 Å². The third kappa shape index (κ3) is 37.7. The zero-order valence-electron chi connectivity index (χ0n) is 30.4. The molecule has 0 N–H and O–H groups in total. The molecule has 0 saturated heterocycles. The van der Waals surface area contributed by atoms with Crippen LogP contribution < -0.4 is 0 Å². The molecule has 3 nitrogen and oxygen atoms in total. The van der Waals surface area contributed by atoms with Crippen molar-refractivity contribution in [1.29, 1.82) is 0 Å². The molecule has 2 aromatic rings. The quantitative estimate of drug-likeness (QED) is 0.298. The van der Waals surface area contributed by atoms with Crippen molar-refractivity contribution in [2.24, 2.45) is 29.6 Å². The molecule has 4 aliphatic carbocycles. The Kier molecular flexibility index (Phi) is 52.8. The molecule has 6 rings (SSSR count). The van der Waals surface area contributed by atoms with Crippen LogP contribution >= 0.6 is 0 Å². The molecular weight excluding hydrogens is 540 g/mol. The maximum absolute atomic E-state index is 10.2. The molecule has 0 heterocycles. The van der Waals surface area contributed by atoms with Crippen molar-refractivity contribution < 1.29 is 14.3 Å². The first-order valence-electron chi connectivity index (χ1n) is 17.0. The summed E-state index contributed by atoms with van der Waals surface area (Å²) in [5.41, 5.74) is 0. The predicted octanol–water partition coefficient (Wildman–Crippen LogP) is 14.4. The van der Waals surface area contributed by atoms with Gasteiger partial charge in [0.25, 0.3) is 0 Å². The van der Waals surface area contributed by atoms with E-state index in [4.69, 9.17) is 0 Å². The molecule has 4 bridgehead atoms. The zero-order valence-corrected chi connectivity index (χ0v) is 30.4. The number of ether oxygens (including phenoxy) is 2. The Morgan fingerprint density at radius 2 is 0.636 bits per heavy atom. The SMILES string of the molecule is C.C.C1C2CC3CC1CC(C2)C3.CC.CC.CC.CC.CC(C)C.COC(=O)OC(C)C.c1ccccc1.c1ccccc1. The highest BCUT2D eigenvalue weighted by atomic mass is 16.7. The minimum Gasteiger partial charge on any atom is -0.438 e. The van der Waals surface area contributed by atoms with Gasteiger partial charge in [0.1, 0.15) is 0 Å². The Hall–Kier alpha value is -2.29. The highest BCUT2D eigenvalue weighted by Gasteiger charge is 2.41. The van der Waals surface area contributed by atoms with Crippen LogP contribution in [0, 0.1) is 29.6 Å². The fourth-order valence-corrected chi connectivity index (χ4v) is 4.99. The van der Waals surface area contributed by atoms with Crippen molar-refractivity contribution in [1.82, 2.24) is 0 Å². The molecule has 262 valence electrons. The summed E-state index contributed by atoms with van der Waals surface area (Å²) in [5.74, 6) is 5.54. The molecule has 0 atom stereocenters. The summed E-state index contributed by atoms with van der Waals surface area (Å²) in [6, 6.07) is 24.0. The van der Waals surface area contributed by atoms with E-state index in [2.05, 4.69) is 30.2 Å². The van der Waals surface area contributed by atoms with E-state index in [1.165, 1.54) is 30.8 Å². The number of carbonyl (C=O) groups is 1. The van der Waals surface area contributed by atoms with Gasteiger partial charge in [-0.2, -0.15) is 0 Å². The van der Waals surface area contributed by atoms with Gasteiger partial charge in [0.15, 0.2) is 0 Å². The summed E-state index contributed by atoms with van der Waals surface area (Å²) in [6.07, 6.45) is 8.91. The van der Waals surface area contributed by atoms with E-state index in [1.54, 1.807) is 52.4 Å². The number of rotatable bonds is 1. The molecule has 0 radical (unpaired) electrons. The molecule has 2 aromatic carbocycles. The van der Waals surface area contributed by atoms with Crippen LogP contribution in [0.25, 0.3) is 0 Å². The molecule has 4 aliphatic rings. The lowest BCUT2D eigenvalue weighted by Gasteiger charge is -2.49.